The van der Waals surface area contributed by atoms with Crippen molar-refractivity contribution in [3.05, 3.63) is 35.6 Å². The normalized spacial score (nSPS) is 15.8. The van der Waals surface area contributed by atoms with Crippen molar-refractivity contribution in [2.45, 2.75) is 19.3 Å². The predicted molar refractivity (Wildman–Crippen MR) is 48.1 cm³/mol. The molecular formula is C11H11FO. The quantitative estimate of drug-likeness (QED) is 0.650. The predicted octanol–water partition coefficient (Wildman–Crippen LogP) is 2.81. The summed E-state index contributed by atoms with van der Waals surface area (Å²) in [6, 6.07) is 5.78. The number of halogens is 1. The van der Waals surface area contributed by atoms with Gasteiger partial charge in [0.15, 0.2) is 5.78 Å². The molecule has 0 spiro atoms. The summed E-state index contributed by atoms with van der Waals surface area (Å²) in [7, 11) is 0. The minimum Gasteiger partial charge on any atom is -0.294 e. The zero-order valence-electron chi connectivity index (χ0n) is 7.29. The van der Waals surface area contributed by atoms with Crippen LogP contribution in [0.25, 0.3) is 0 Å². The lowest BCUT2D eigenvalue weighted by Crippen LogP contribution is -1.99. The van der Waals surface area contributed by atoms with Crippen LogP contribution in [0.4, 0.5) is 4.39 Å². The van der Waals surface area contributed by atoms with Gasteiger partial charge in [0.05, 0.1) is 0 Å². The number of ketones is 1. The Morgan fingerprint density at radius 3 is 2.46 bits per heavy atom. The van der Waals surface area contributed by atoms with E-state index in [4.69, 9.17) is 0 Å². The average molecular weight is 178 g/mol. The van der Waals surface area contributed by atoms with Crippen LogP contribution in [0.1, 0.15) is 29.6 Å². The molecular weight excluding hydrogens is 167 g/mol. The highest BCUT2D eigenvalue weighted by atomic mass is 19.1. The fourth-order valence-electron chi connectivity index (χ4n) is 1.34. The number of hydrogen-bond donors (Lipinski definition) is 0. The third-order valence-corrected chi connectivity index (χ3v) is 2.34. The van der Waals surface area contributed by atoms with Gasteiger partial charge in [-0.05, 0) is 43.0 Å². The second kappa shape index (κ2) is 3.29. The number of carbonyl (C=O) groups is 1. The second-order valence-corrected chi connectivity index (χ2v) is 3.58. The maximum atomic E-state index is 12.5. The van der Waals surface area contributed by atoms with Gasteiger partial charge in [-0.3, -0.25) is 4.79 Å². The van der Waals surface area contributed by atoms with Crippen molar-refractivity contribution in [2.24, 2.45) is 5.92 Å². The Kier molecular flexibility index (Phi) is 2.13. The molecule has 0 aliphatic heterocycles. The maximum absolute atomic E-state index is 12.5. The summed E-state index contributed by atoms with van der Waals surface area (Å²) in [6.45, 7) is 0. The van der Waals surface area contributed by atoms with Gasteiger partial charge in [-0.1, -0.05) is 0 Å². The summed E-state index contributed by atoms with van der Waals surface area (Å²) in [5, 5.41) is 0. The molecule has 0 unspecified atom stereocenters. The van der Waals surface area contributed by atoms with Gasteiger partial charge in [-0.15, -0.1) is 0 Å². The van der Waals surface area contributed by atoms with Crippen LogP contribution in [0.2, 0.25) is 0 Å². The van der Waals surface area contributed by atoms with Gasteiger partial charge >= 0.3 is 0 Å². The van der Waals surface area contributed by atoms with E-state index in [-0.39, 0.29) is 11.6 Å². The maximum Gasteiger partial charge on any atom is 0.163 e. The van der Waals surface area contributed by atoms with E-state index in [0.717, 1.165) is 0 Å². The van der Waals surface area contributed by atoms with Crippen LogP contribution in [-0.2, 0) is 0 Å². The largest absolute Gasteiger partial charge is 0.294 e. The zero-order valence-corrected chi connectivity index (χ0v) is 7.29. The topological polar surface area (TPSA) is 17.1 Å². The van der Waals surface area contributed by atoms with Gasteiger partial charge in [0.25, 0.3) is 0 Å². The summed E-state index contributed by atoms with van der Waals surface area (Å²) in [5.41, 5.74) is 0.633. The van der Waals surface area contributed by atoms with E-state index in [9.17, 15) is 9.18 Å². The highest BCUT2D eigenvalue weighted by Crippen LogP contribution is 2.33. The zero-order chi connectivity index (χ0) is 9.26. The molecule has 13 heavy (non-hydrogen) atoms. The SMILES string of the molecule is O=C(CC1CC1)c1ccc(F)cc1. The van der Waals surface area contributed by atoms with Crippen molar-refractivity contribution in [2.75, 3.05) is 0 Å². The van der Waals surface area contributed by atoms with Crippen LogP contribution < -0.4 is 0 Å². The van der Waals surface area contributed by atoms with Crippen LogP contribution in [0.3, 0.4) is 0 Å². The third-order valence-electron chi connectivity index (χ3n) is 2.34. The van der Waals surface area contributed by atoms with Crippen LogP contribution >= 0.6 is 0 Å². The van der Waals surface area contributed by atoms with Gasteiger partial charge in [0, 0.05) is 12.0 Å². The number of rotatable bonds is 3. The molecule has 0 bridgehead atoms. The molecule has 0 aromatic heterocycles. The molecule has 0 N–H and O–H groups in total. The molecule has 1 nitrogen and oxygen atoms in total. The highest BCUT2D eigenvalue weighted by molar-refractivity contribution is 5.96. The first-order valence-corrected chi connectivity index (χ1v) is 4.54. The molecule has 1 aromatic rings. The molecule has 1 aromatic carbocycles. The van der Waals surface area contributed by atoms with Crippen molar-refractivity contribution in [3.63, 3.8) is 0 Å². The van der Waals surface area contributed by atoms with E-state index in [0.29, 0.717) is 17.9 Å². The first-order chi connectivity index (χ1) is 6.25. The molecule has 68 valence electrons. The third kappa shape index (κ3) is 2.14. The molecule has 2 rings (SSSR count). The van der Waals surface area contributed by atoms with Crippen LogP contribution in [0, 0.1) is 11.7 Å². The molecule has 0 heterocycles. The smallest absolute Gasteiger partial charge is 0.163 e. The van der Waals surface area contributed by atoms with E-state index >= 15 is 0 Å². The first kappa shape index (κ1) is 8.42. The standard InChI is InChI=1S/C11H11FO/c12-10-5-3-9(4-6-10)11(13)7-8-1-2-8/h3-6,8H,1-2,7H2. The fraction of sp³-hybridized carbons (Fsp3) is 0.364. The van der Waals surface area contributed by atoms with Gasteiger partial charge in [0.2, 0.25) is 0 Å². The van der Waals surface area contributed by atoms with Crippen molar-refractivity contribution < 1.29 is 9.18 Å². The lowest BCUT2D eigenvalue weighted by atomic mass is 10.1. The van der Waals surface area contributed by atoms with E-state index in [2.05, 4.69) is 0 Å². The van der Waals surface area contributed by atoms with Gasteiger partial charge < -0.3 is 0 Å². The van der Waals surface area contributed by atoms with Crippen LogP contribution in [0.15, 0.2) is 24.3 Å². The number of carbonyl (C=O) groups excluding carboxylic acids is 1. The number of hydrogen-bond acceptors (Lipinski definition) is 1. The van der Waals surface area contributed by atoms with Gasteiger partial charge in [-0.25, -0.2) is 4.39 Å². The van der Waals surface area contributed by atoms with Crippen LogP contribution in [-0.4, -0.2) is 5.78 Å². The van der Waals surface area contributed by atoms with Crippen molar-refractivity contribution >= 4 is 5.78 Å². The fourth-order valence-corrected chi connectivity index (χ4v) is 1.34. The number of benzene rings is 1. The Balaban J connectivity index is 2.05. The molecule has 0 saturated heterocycles. The van der Waals surface area contributed by atoms with Gasteiger partial charge in [-0.2, -0.15) is 0 Å². The summed E-state index contributed by atoms with van der Waals surface area (Å²) in [5.74, 6) is 0.447. The Morgan fingerprint density at radius 2 is 1.92 bits per heavy atom. The average Bonchev–Trinajstić information content (AvgIpc) is 2.89. The first-order valence-electron chi connectivity index (χ1n) is 4.54. The molecule has 1 saturated carbocycles. The Hall–Kier alpha value is -1.18. The Morgan fingerprint density at radius 1 is 1.31 bits per heavy atom. The Bertz CT molecular complexity index is 311. The molecule has 1 fully saturated rings. The van der Waals surface area contributed by atoms with E-state index < -0.39 is 0 Å². The molecule has 1 aliphatic rings. The summed E-state index contributed by atoms with van der Waals surface area (Å²) in [6.07, 6.45) is 2.98. The Labute approximate surface area is 76.6 Å². The lowest BCUT2D eigenvalue weighted by Gasteiger charge is -1.98. The van der Waals surface area contributed by atoms with Gasteiger partial charge in [0.1, 0.15) is 5.82 Å². The molecule has 0 radical (unpaired) electrons. The van der Waals surface area contributed by atoms with Crippen LogP contribution in [0.5, 0.6) is 0 Å². The highest BCUT2D eigenvalue weighted by Gasteiger charge is 2.24. The minimum atomic E-state index is -0.289. The monoisotopic (exact) mass is 178 g/mol. The van der Waals surface area contributed by atoms with E-state index in [1.807, 2.05) is 0 Å². The molecule has 0 amide bonds. The van der Waals surface area contributed by atoms with Crippen molar-refractivity contribution in [1.82, 2.24) is 0 Å². The lowest BCUT2D eigenvalue weighted by molar-refractivity contribution is 0.0976. The molecule has 2 heteroatoms. The van der Waals surface area contributed by atoms with Crippen molar-refractivity contribution in [3.8, 4) is 0 Å². The van der Waals surface area contributed by atoms with E-state index in [1.165, 1.54) is 25.0 Å². The van der Waals surface area contributed by atoms with E-state index in [1.54, 1.807) is 12.1 Å². The van der Waals surface area contributed by atoms with Crippen molar-refractivity contribution in [1.29, 1.82) is 0 Å². The summed E-state index contributed by atoms with van der Waals surface area (Å²) in [4.78, 5) is 11.5. The summed E-state index contributed by atoms with van der Waals surface area (Å²) < 4.78 is 12.5. The minimum absolute atomic E-state index is 0.141. The summed E-state index contributed by atoms with van der Waals surface area (Å²) >= 11 is 0. The molecule has 0 atom stereocenters. The number of Topliss-reactive ketones (excluding diaryl/α,β-unsaturated/α-hetero) is 1. The second-order valence-electron chi connectivity index (χ2n) is 3.58. The molecule has 1 aliphatic carbocycles.